The molecule has 0 spiro atoms. The van der Waals surface area contributed by atoms with Crippen LogP contribution in [0, 0.1) is 5.92 Å². The summed E-state index contributed by atoms with van der Waals surface area (Å²) in [6.45, 7) is 4.16. The molecule has 1 aromatic carbocycles. The molecule has 1 N–H and O–H groups in total. The summed E-state index contributed by atoms with van der Waals surface area (Å²) in [5.74, 6) is 0.854. The number of benzene rings is 1. The van der Waals surface area contributed by atoms with E-state index in [1.54, 1.807) is 0 Å². The van der Waals surface area contributed by atoms with Crippen molar-refractivity contribution in [3.8, 4) is 0 Å². The summed E-state index contributed by atoms with van der Waals surface area (Å²) in [7, 11) is 0. The van der Waals surface area contributed by atoms with Gasteiger partial charge in [0.2, 0.25) is 0 Å². The molecule has 1 saturated heterocycles. The van der Waals surface area contributed by atoms with Crippen LogP contribution in [0.2, 0.25) is 0 Å². The van der Waals surface area contributed by atoms with Gasteiger partial charge in [0.15, 0.2) is 5.78 Å². The van der Waals surface area contributed by atoms with Crippen LogP contribution in [0.25, 0.3) is 0 Å². The van der Waals surface area contributed by atoms with Crippen LogP contribution in [0.3, 0.4) is 0 Å². The van der Waals surface area contributed by atoms with Crippen molar-refractivity contribution in [1.29, 1.82) is 0 Å². The summed E-state index contributed by atoms with van der Waals surface area (Å²) in [6, 6.07) is 8.09. The van der Waals surface area contributed by atoms with Gasteiger partial charge < -0.3 is 5.32 Å². The molecule has 1 fully saturated rings. The van der Waals surface area contributed by atoms with E-state index in [1.807, 2.05) is 12.1 Å². The predicted molar refractivity (Wildman–Crippen MR) is 65.7 cm³/mol. The zero-order chi connectivity index (χ0) is 11.4. The number of carbonyl (C=O) groups is 1. The minimum Gasteiger partial charge on any atom is -0.316 e. The van der Waals surface area contributed by atoms with Gasteiger partial charge >= 0.3 is 0 Å². The molecule has 0 aromatic heterocycles. The van der Waals surface area contributed by atoms with Crippen molar-refractivity contribution in [2.75, 3.05) is 13.1 Å². The van der Waals surface area contributed by atoms with Crippen LogP contribution in [0.1, 0.15) is 35.7 Å². The Morgan fingerprint density at radius 3 is 2.88 bits per heavy atom. The summed E-state index contributed by atoms with van der Waals surface area (Å²) < 4.78 is 0. The van der Waals surface area contributed by atoms with Crippen LogP contribution in [0.5, 0.6) is 0 Å². The fourth-order valence-corrected chi connectivity index (χ4v) is 2.06. The maximum atomic E-state index is 12.0. The van der Waals surface area contributed by atoms with Gasteiger partial charge in [-0.3, -0.25) is 4.79 Å². The summed E-state index contributed by atoms with van der Waals surface area (Å²) in [5.41, 5.74) is 2.16. The van der Waals surface area contributed by atoms with E-state index in [2.05, 4.69) is 24.4 Å². The molecular weight excluding hydrogens is 198 g/mol. The second-order valence-electron chi connectivity index (χ2n) is 4.60. The van der Waals surface area contributed by atoms with Gasteiger partial charge in [0, 0.05) is 12.0 Å². The Balaban J connectivity index is 2.00. The molecule has 16 heavy (non-hydrogen) atoms. The van der Waals surface area contributed by atoms with Gasteiger partial charge in [0.1, 0.15) is 0 Å². The van der Waals surface area contributed by atoms with E-state index in [9.17, 15) is 4.79 Å². The molecule has 1 heterocycles. The number of aryl methyl sites for hydroxylation is 1. The van der Waals surface area contributed by atoms with Crippen LogP contribution in [-0.2, 0) is 6.42 Å². The number of carbonyl (C=O) groups excluding carboxylic acids is 1. The average Bonchev–Trinajstić information content (AvgIpc) is 2.24. The third kappa shape index (κ3) is 2.70. The second kappa shape index (κ2) is 5.26. The highest BCUT2D eigenvalue weighted by molar-refractivity contribution is 5.96. The number of hydrogen-bond donors (Lipinski definition) is 1. The third-order valence-corrected chi connectivity index (χ3v) is 3.13. The largest absolute Gasteiger partial charge is 0.316 e. The van der Waals surface area contributed by atoms with Crippen molar-refractivity contribution in [3.63, 3.8) is 0 Å². The van der Waals surface area contributed by atoms with E-state index >= 15 is 0 Å². The Labute approximate surface area is 97.1 Å². The zero-order valence-electron chi connectivity index (χ0n) is 9.83. The normalized spacial score (nSPS) is 15.8. The molecule has 86 valence electrons. The van der Waals surface area contributed by atoms with Gasteiger partial charge in [-0.2, -0.15) is 0 Å². The van der Waals surface area contributed by atoms with Gasteiger partial charge in [-0.25, -0.2) is 0 Å². The minimum absolute atomic E-state index is 0.296. The molecule has 1 aliphatic heterocycles. The highest BCUT2D eigenvalue weighted by atomic mass is 16.1. The monoisotopic (exact) mass is 217 g/mol. The Bertz CT molecular complexity index is 369. The molecule has 2 nitrogen and oxygen atoms in total. The van der Waals surface area contributed by atoms with E-state index < -0.39 is 0 Å². The third-order valence-electron chi connectivity index (χ3n) is 3.13. The van der Waals surface area contributed by atoms with Gasteiger partial charge in [-0.1, -0.05) is 31.5 Å². The summed E-state index contributed by atoms with van der Waals surface area (Å²) >= 11 is 0. The molecule has 1 aliphatic rings. The van der Waals surface area contributed by atoms with Crippen molar-refractivity contribution < 1.29 is 4.79 Å². The summed E-state index contributed by atoms with van der Waals surface area (Å²) in [5, 5.41) is 3.20. The van der Waals surface area contributed by atoms with Crippen LogP contribution >= 0.6 is 0 Å². The van der Waals surface area contributed by atoms with Crippen molar-refractivity contribution in [2.45, 2.75) is 26.2 Å². The molecule has 0 bridgehead atoms. The van der Waals surface area contributed by atoms with Crippen LogP contribution in [-0.4, -0.2) is 18.9 Å². The first kappa shape index (κ1) is 11.3. The summed E-state index contributed by atoms with van der Waals surface area (Å²) in [6.07, 6.45) is 2.89. The fourth-order valence-electron chi connectivity index (χ4n) is 2.06. The first-order valence-corrected chi connectivity index (χ1v) is 6.12. The Morgan fingerprint density at radius 1 is 1.44 bits per heavy atom. The molecule has 0 radical (unpaired) electrons. The number of hydrogen-bond acceptors (Lipinski definition) is 2. The molecule has 0 unspecified atom stereocenters. The molecule has 0 atom stereocenters. The van der Waals surface area contributed by atoms with E-state index in [0.29, 0.717) is 18.1 Å². The van der Waals surface area contributed by atoms with Gasteiger partial charge in [0.05, 0.1) is 0 Å². The van der Waals surface area contributed by atoms with Crippen LogP contribution in [0.15, 0.2) is 24.3 Å². The Morgan fingerprint density at radius 2 is 2.25 bits per heavy atom. The maximum Gasteiger partial charge on any atom is 0.163 e. The van der Waals surface area contributed by atoms with Gasteiger partial charge in [0.25, 0.3) is 0 Å². The van der Waals surface area contributed by atoms with E-state index in [1.165, 1.54) is 5.56 Å². The summed E-state index contributed by atoms with van der Waals surface area (Å²) in [4.78, 5) is 12.0. The average molecular weight is 217 g/mol. The van der Waals surface area contributed by atoms with Crippen molar-refractivity contribution in [3.05, 3.63) is 35.4 Å². The zero-order valence-corrected chi connectivity index (χ0v) is 9.83. The Hall–Kier alpha value is -1.15. The standard InChI is InChI=1S/C14H19NO/c1-2-4-11-5-3-6-13(7-11)14(16)8-12-9-15-10-12/h3,5-7,12,15H,2,4,8-10H2,1H3. The highest BCUT2D eigenvalue weighted by Gasteiger charge is 2.20. The number of Topliss-reactive ketones (excluding diaryl/α,β-unsaturated/α-hetero) is 1. The lowest BCUT2D eigenvalue weighted by molar-refractivity contribution is 0.0945. The van der Waals surface area contributed by atoms with Crippen LogP contribution in [0.4, 0.5) is 0 Å². The van der Waals surface area contributed by atoms with Gasteiger partial charge in [-0.15, -0.1) is 0 Å². The first-order valence-electron chi connectivity index (χ1n) is 6.12. The quantitative estimate of drug-likeness (QED) is 0.767. The highest BCUT2D eigenvalue weighted by Crippen LogP contribution is 2.15. The minimum atomic E-state index is 0.296. The van der Waals surface area contributed by atoms with Gasteiger partial charge in [-0.05, 0) is 37.1 Å². The molecule has 0 amide bonds. The van der Waals surface area contributed by atoms with E-state index in [4.69, 9.17) is 0 Å². The molecule has 1 aromatic rings. The lowest BCUT2D eigenvalue weighted by atomic mass is 9.93. The number of nitrogens with one attached hydrogen (secondary N) is 1. The SMILES string of the molecule is CCCc1cccc(C(=O)CC2CNC2)c1. The van der Waals surface area contributed by atoms with E-state index in [-0.39, 0.29) is 0 Å². The van der Waals surface area contributed by atoms with Crippen molar-refractivity contribution in [1.82, 2.24) is 5.32 Å². The first-order chi connectivity index (χ1) is 7.79. The predicted octanol–water partition coefficient (Wildman–Crippen LogP) is 2.43. The van der Waals surface area contributed by atoms with Crippen molar-refractivity contribution >= 4 is 5.78 Å². The lowest BCUT2D eigenvalue weighted by Gasteiger charge is -2.26. The molecule has 0 aliphatic carbocycles. The molecule has 0 saturated carbocycles. The molecule has 2 rings (SSSR count). The van der Waals surface area contributed by atoms with E-state index in [0.717, 1.165) is 31.5 Å². The van der Waals surface area contributed by atoms with Crippen molar-refractivity contribution in [2.24, 2.45) is 5.92 Å². The second-order valence-corrected chi connectivity index (χ2v) is 4.60. The molecular formula is C14H19NO. The molecule has 2 heteroatoms. The number of ketones is 1. The maximum absolute atomic E-state index is 12.0. The fraction of sp³-hybridized carbons (Fsp3) is 0.500. The lowest BCUT2D eigenvalue weighted by Crippen LogP contribution is -2.42. The topological polar surface area (TPSA) is 29.1 Å². The smallest absolute Gasteiger partial charge is 0.163 e. The van der Waals surface area contributed by atoms with Crippen LogP contribution < -0.4 is 5.32 Å². The Kier molecular flexibility index (Phi) is 3.73. The number of rotatable bonds is 5.